The van der Waals surface area contributed by atoms with Crippen molar-refractivity contribution in [1.29, 1.82) is 0 Å². The van der Waals surface area contributed by atoms with Gasteiger partial charge in [-0.3, -0.25) is 0 Å². The maximum atomic E-state index is 5.97. The summed E-state index contributed by atoms with van der Waals surface area (Å²) in [6.45, 7) is 2.15. The second-order valence-corrected chi connectivity index (χ2v) is 7.47. The minimum absolute atomic E-state index is 0.504. The van der Waals surface area contributed by atoms with E-state index in [0.717, 1.165) is 11.3 Å². The molecular formula is C14H20N2S3. The molecule has 0 saturated carbocycles. The van der Waals surface area contributed by atoms with E-state index in [-0.39, 0.29) is 0 Å². The molecule has 1 heterocycles. The van der Waals surface area contributed by atoms with Crippen LogP contribution in [-0.2, 0) is 0 Å². The zero-order valence-electron chi connectivity index (χ0n) is 11.4. The molecule has 1 saturated heterocycles. The zero-order chi connectivity index (χ0) is 13.8. The Bertz CT molecular complexity index is 456. The van der Waals surface area contributed by atoms with Gasteiger partial charge in [0, 0.05) is 35.0 Å². The molecule has 5 heteroatoms. The van der Waals surface area contributed by atoms with Gasteiger partial charge < -0.3 is 10.6 Å². The van der Waals surface area contributed by atoms with Crippen molar-refractivity contribution in [1.82, 2.24) is 0 Å². The van der Waals surface area contributed by atoms with Gasteiger partial charge in [-0.05, 0) is 30.1 Å². The summed E-state index contributed by atoms with van der Waals surface area (Å²) in [6.07, 6.45) is 1.24. The van der Waals surface area contributed by atoms with Crippen molar-refractivity contribution >= 4 is 46.4 Å². The van der Waals surface area contributed by atoms with Gasteiger partial charge in [-0.1, -0.05) is 25.2 Å². The molecule has 0 amide bonds. The Kier molecular flexibility index (Phi) is 5.42. The topological polar surface area (TPSA) is 29.3 Å². The molecule has 2 nitrogen and oxygen atoms in total. The quantitative estimate of drug-likeness (QED) is 0.665. The Morgan fingerprint density at radius 3 is 2.95 bits per heavy atom. The van der Waals surface area contributed by atoms with Gasteiger partial charge >= 0.3 is 0 Å². The third-order valence-electron chi connectivity index (χ3n) is 3.38. The Morgan fingerprint density at radius 2 is 2.37 bits per heavy atom. The first-order valence-electron chi connectivity index (χ1n) is 6.51. The summed E-state index contributed by atoms with van der Waals surface area (Å²) in [7, 11) is 2.16. The van der Waals surface area contributed by atoms with E-state index >= 15 is 0 Å². The van der Waals surface area contributed by atoms with Gasteiger partial charge in [0.25, 0.3) is 0 Å². The fraction of sp³-hybridized carbons (Fsp3) is 0.500. The number of thiocarbonyl (C=S) groups is 1. The number of nitrogens with zero attached hydrogens (tertiary/aromatic N) is 1. The number of hydrogen-bond donors (Lipinski definition) is 1. The van der Waals surface area contributed by atoms with Gasteiger partial charge in [0.2, 0.25) is 0 Å². The van der Waals surface area contributed by atoms with Crippen LogP contribution >= 0.6 is 35.7 Å². The van der Waals surface area contributed by atoms with Gasteiger partial charge in [-0.2, -0.15) is 11.8 Å². The summed E-state index contributed by atoms with van der Waals surface area (Å²) < 4.78 is 0. The molecule has 0 radical (unpaired) electrons. The summed E-state index contributed by atoms with van der Waals surface area (Å²) >= 11 is 9.11. The van der Waals surface area contributed by atoms with Crippen molar-refractivity contribution in [2.75, 3.05) is 29.2 Å². The first-order chi connectivity index (χ1) is 9.15. The van der Waals surface area contributed by atoms with Crippen LogP contribution in [0.25, 0.3) is 0 Å². The van der Waals surface area contributed by atoms with Gasteiger partial charge in [-0.15, -0.1) is 11.8 Å². The minimum atomic E-state index is 0.504. The van der Waals surface area contributed by atoms with Crippen LogP contribution in [0.15, 0.2) is 23.1 Å². The Morgan fingerprint density at radius 1 is 1.58 bits per heavy atom. The smallest absolute Gasteiger partial charge is 0.107 e. The molecule has 0 aliphatic carbocycles. The molecule has 1 aromatic carbocycles. The van der Waals surface area contributed by atoms with Crippen LogP contribution in [0.2, 0.25) is 0 Å². The highest BCUT2D eigenvalue weighted by Crippen LogP contribution is 2.33. The fourth-order valence-electron chi connectivity index (χ4n) is 2.36. The number of thioether (sulfide) groups is 2. The maximum absolute atomic E-state index is 5.97. The number of hydrogen-bond acceptors (Lipinski definition) is 4. The molecule has 104 valence electrons. The van der Waals surface area contributed by atoms with Crippen LogP contribution in [-0.4, -0.2) is 35.3 Å². The Hall–Kier alpha value is -0.390. The predicted molar refractivity (Wildman–Crippen MR) is 92.9 cm³/mol. The summed E-state index contributed by atoms with van der Waals surface area (Å²) in [5, 5.41) is 0. The van der Waals surface area contributed by atoms with Crippen LogP contribution in [0, 0.1) is 0 Å². The van der Waals surface area contributed by atoms with Crippen molar-refractivity contribution in [3.63, 3.8) is 0 Å². The average Bonchev–Trinajstić information content (AvgIpc) is 2.91. The largest absolute Gasteiger partial charge is 0.389 e. The summed E-state index contributed by atoms with van der Waals surface area (Å²) in [4.78, 5) is 4.06. The normalized spacial score (nSPS) is 18.5. The number of nitrogens with two attached hydrogens (primary N) is 1. The van der Waals surface area contributed by atoms with Crippen molar-refractivity contribution in [2.45, 2.75) is 24.3 Å². The molecule has 1 fully saturated rings. The Labute approximate surface area is 129 Å². The van der Waals surface area contributed by atoms with Crippen LogP contribution in [0.3, 0.4) is 0 Å². The predicted octanol–water partition coefficient (Wildman–Crippen LogP) is 3.37. The molecule has 19 heavy (non-hydrogen) atoms. The minimum Gasteiger partial charge on any atom is -0.389 e. The molecule has 0 aromatic heterocycles. The lowest BCUT2D eigenvalue weighted by atomic mass is 10.1. The standard InChI is InChI=1S/C14H20N2S3/c1-3-19-12-6-4-5-11(13(12)14(15)17)16(2)10-7-8-18-9-10/h4-6,10H,3,7-9H2,1-2H3,(H2,15,17). The van der Waals surface area contributed by atoms with E-state index in [2.05, 4.69) is 37.1 Å². The van der Waals surface area contributed by atoms with Gasteiger partial charge in [0.05, 0.1) is 0 Å². The van der Waals surface area contributed by atoms with E-state index in [4.69, 9.17) is 18.0 Å². The van der Waals surface area contributed by atoms with E-state index in [1.807, 2.05) is 11.8 Å². The molecule has 2 rings (SSSR count). The third kappa shape index (κ3) is 3.38. The molecule has 1 aliphatic rings. The van der Waals surface area contributed by atoms with Gasteiger partial charge in [0.15, 0.2) is 0 Å². The maximum Gasteiger partial charge on any atom is 0.107 e. The van der Waals surface area contributed by atoms with Gasteiger partial charge in [-0.25, -0.2) is 0 Å². The van der Waals surface area contributed by atoms with Crippen molar-refractivity contribution in [3.05, 3.63) is 23.8 Å². The van der Waals surface area contributed by atoms with Crippen molar-refractivity contribution in [3.8, 4) is 0 Å². The first kappa shape index (κ1) is 15.0. The lowest BCUT2D eigenvalue weighted by Crippen LogP contribution is -2.33. The average molecular weight is 313 g/mol. The SMILES string of the molecule is CCSc1cccc(N(C)C2CCSC2)c1C(N)=S. The van der Waals surface area contributed by atoms with Crippen LogP contribution in [0.1, 0.15) is 18.9 Å². The van der Waals surface area contributed by atoms with Crippen LogP contribution < -0.4 is 10.6 Å². The highest BCUT2D eigenvalue weighted by molar-refractivity contribution is 7.99. The summed E-state index contributed by atoms with van der Waals surface area (Å²) in [6, 6.07) is 6.95. The monoisotopic (exact) mass is 312 g/mol. The molecule has 1 atom stereocenters. The second kappa shape index (κ2) is 6.86. The van der Waals surface area contributed by atoms with Crippen LogP contribution in [0.4, 0.5) is 5.69 Å². The lowest BCUT2D eigenvalue weighted by molar-refractivity contribution is 0.699. The van der Waals surface area contributed by atoms with E-state index in [9.17, 15) is 0 Å². The summed E-state index contributed by atoms with van der Waals surface area (Å²) in [5.41, 5.74) is 8.19. The van der Waals surface area contributed by atoms with Gasteiger partial charge in [0.1, 0.15) is 4.99 Å². The molecule has 1 unspecified atom stereocenters. The first-order valence-corrected chi connectivity index (χ1v) is 9.06. The van der Waals surface area contributed by atoms with E-state index in [1.165, 1.54) is 28.5 Å². The number of benzene rings is 1. The number of rotatable bonds is 5. The summed E-state index contributed by atoms with van der Waals surface area (Å²) in [5.74, 6) is 3.47. The van der Waals surface area contributed by atoms with E-state index in [1.54, 1.807) is 11.8 Å². The highest BCUT2D eigenvalue weighted by Gasteiger charge is 2.23. The van der Waals surface area contributed by atoms with E-state index in [0.29, 0.717) is 11.0 Å². The molecule has 0 bridgehead atoms. The fourth-order valence-corrected chi connectivity index (χ4v) is 4.75. The Balaban J connectivity index is 2.37. The highest BCUT2D eigenvalue weighted by atomic mass is 32.2. The van der Waals surface area contributed by atoms with Crippen molar-refractivity contribution < 1.29 is 0 Å². The second-order valence-electron chi connectivity index (χ2n) is 4.58. The molecular weight excluding hydrogens is 292 g/mol. The molecule has 2 N–H and O–H groups in total. The van der Waals surface area contributed by atoms with Crippen LogP contribution in [0.5, 0.6) is 0 Å². The molecule has 1 aromatic rings. The van der Waals surface area contributed by atoms with Crippen molar-refractivity contribution in [2.24, 2.45) is 5.73 Å². The zero-order valence-corrected chi connectivity index (χ0v) is 13.8. The molecule has 0 spiro atoms. The third-order valence-corrected chi connectivity index (χ3v) is 5.67. The number of anilines is 1. The molecule has 1 aliphatic heterocycles. The lowest BCUT2D eigenvalue weighted by Gasteiger charge is -2.29. The van der Waals surface area contributed by atoms with E-state index < -0.39 is 0 Å².